The zero-order valence-corrected chi connectivity index (χ0v) is 28.8. The van der Waals surface area contributed by atoms with Gasteiger partial charge >= 0.3 is 5.97 Å². The van der Waals surface area contributed by atoms with E-state index < -0.39 is 62.9 Å². The van der Waals surface area contributed by atoms with Crippen molar-refractivity contribution in [3.63, 3.8) is 0 Å². The van der Waals surface area contributed by atoms with Crippen molar-refractivity contribution in [2.24, 2.45) is 0 Å². The molecule has 0 aliphatic carbocycles. The number of imidazole rings is 1. The third-order valence-corrected chi connectivity index (χ3v) is 21.9. The van der Waals surface area contributed by atoms with E-state index in [1.54, 1.807) is 4.57 Å². The van der Waals surface area contributed by atoms with Crippen LogP contribution < -0.4 is 10.5 Å². The fraction of sp³-hybridized carbons (Fsp3) is 0.786. The minimum absolute atomic E-state index is 0.0508. The Balaban J connectivity index is 2.35. The van der Waals surface area contributed by atoms with E-state index in [-0.39, 0.29) is 28.9 Å². The number of rotatable bonds is 9. The largest absolute Gasteiger partial charge is 0.479 e. The molecule has 6 atom stereocenters. The summed E-state index contributed by atoms with van der Waals surface area (Å²) in [6.07, 6.45) is -2.28. The first-order chi connectivity index (χ1) is 19.1. The number of hydrogen-bond acceptors (Lipinski definition) is 10. The van der Waals surface area contributed by atoms with Gasteiger partial charge in [0.1, 0.15) is 11.3 Å². The third kappa shape index (κ3) is 5.55. The number of esters is 1. The molecule has 2 aromatic heterocycles. The van der Waals surface area contributed by atoms with Crippen LogP contribution >= 0.6 is 0 Å². The van der Waals surface area contributed by atoms with Crippen LogP contribution in [0.4, 0.5) is 5.95 Å². The number of aliphatic hydroxyl groups is 2. The summed E-state index contributed by atoms with van der Waals surface area (Å²) in [4.78, 5) is 26.3. The van der Waals surface area contributed by atoms with Crippen LogP contribution in [0.1, 0.15) is 75.3 Å². The summed E-state index contributed by atoms with van der Waals surface area (Å²) < 4.78 is 28.1. The van der Waals surface area contributed by atoms with Gasteiger partial charge in [-0.15, -0.1) is 0 Å². The second-order valence-electron chi connectivity index (χ2n) is 14.3. The molecule has 2 aromatic rings. The number of aliphatic hydroxyl groups excluding tert-OH is 1. The summed E-state index contributed by atoms with van der Waals surface area (Å²) >= 11 is 0. The first kappa shape index (κ1) is 31.9. The topological polar surface area (TPSA) is 155 Å². The van der Waals surface area contributed by atoms with Gasteiger partial charge in [-0.3, -0.25) is 9.36 Å². The zero-order chi connectivity index (χ0) is 32.2. The molecule has 0 saturated carbocycles. The van der Waals surface area contributed by atoms with Gasteiger partial charge in [0.15, 0.2) is 23.5 Å². The highest BCUT2D eigenvalue weighted by Crippen LogP contribution is 2.55. The molecule has 0 aromatic carbocycles. The normalized spacial score (nSPS) is 26.1. The molecule has 1 aliphatic heterocycles. The SMILES string of the molecule is [2H]C(CC)CC(=O)O[C@@H]1C(n2cnc3c(OC)nc(N)nc32)O[C@H](C(O)[Si](C)(C)C(C)(C)C)[C@]1(O)[Si](C)(C)C(C)(C)C. The Bertz CT molecular complexity index is 1290. The van der Waals surface area contributed by atoms with Gasteiger partial charge in [-0.05, 0) is 16.5 Å². The van der Waals surface area contributed by atoms with E-state index in [2.05, 4.69) is 69.6 Å². The van der Waals surface area contributed by atoms with Crippen molar-refractivity contribution in [1.82, 2.24) is 19.5 Å². The summed E-state index contributed by atoms with van der Waals surface area (Å²) in [6.45, 7) is 22.5. The van der Waals surface area contributed by atoms with Crippen LogP contribution in [0.2, 0.25) is 36.3 Å². The van der Waals surface area contributed by atoms with Crippen LogP contribution in [0, 0.1) is 0 Å². The number of methoxy groups -OCH3 is 1. The Kier molecular flexibility index (Phi) is 8.71. The molecule has 0 amide bonds. The average Bonchev–Trinajstić information content (AvgIpc) is 3.40. The van der Waals surface area contributed by atoms with Gasteiger partial charge in [-0.2, -0.15) is 9.97 Å². The van der Waals surface area contributed by atoms with Gasteiger partial charge in [-0.1, -0.05) is 81.1 Å². The molecule has 0 radical (unpaired) electrons. The summed E-state index contributed by atoms with van der Waals surface area (Å²) in [5.74, 6) is -0.503. The molecule has 0 spiro atoms. The van der Waals surface area contributed by atoms with Crippen LogP contribution in [0.5, 0.6) is 5.88 Å². The number of ether oxygens (including phenoxy) is 3. The quantitative estimate of drug-likeness (QED) is 0.271. The zero-order valence-electron chi connectivity index (χ0n) is 27.8. The molecule has 1 saturated heterocycles. The van der Waals surface area contributed by atoms with Gasteiger partial charge < -0.3 is 30.2 Å². The lowest BCUT2D eigenvalue weighted by molar-refractivity contribution is -0.161. The summed E-state index contributed by atoms with van der Waals surface area (Å²) in [6, 6.07) is 0. The van der Waals surface area contributed by atoms with Crippen LogP contribution in [-0.2, 0) is 14.3 Å². The minimum atomic E-state index is -2.94. The van der Waals surface area contributed by atoms with Gasteiger partial charge in [-0.25, -0.2) is 4.98 Å². The number of aromatic nitrogens is 4. The molecular weight excluding hydrogens is 559 g/mol. The minimum Gasteiger partial charge on any atom is -0.479 e. The maximum Gasteiger partial charge on any atom is 0.306 e. The Morgan fingerprint density at radius 2 is 1.83 bits per heavy atom. The number of carbonyl (C=O) groups excluding carboxylic acids is 1. The van der Waals surface area contributed by atoms with E-state index in [9.17, 15) is 15.0 Å². The molecule has 1 fully saturated rings. The monoisotopic (exact) mass is 610 g/mol. The second-order valence-corrected chi connectivity index (χ2v) is 25.4. The van der Waals surface area contributed by atoms with Crippen LogP contribution in [0.3, 0.4) is 0 Å². The summed E-state index contributed by atoms with van der Waals surface area (Å²) in [5, 5.41) is 23.0. The second kappa shape index (κ2) is 11.2. The fourth-order valence-electron chi connectivity index (χ4n) is 5.20. The van der Waals surface area contributed by atoms with E-state index in [0.29, 0.717) is 11.9 Å². The lowest BCUT2D eigenvalue weighted by Crippen LogP contribution is -2.73. The van der Waals surface area contributed by atoms with Gasteiger partial charge in [0.05, 0.1) is 35.3 Å². The molecule has 11 nitrogen and oxygen atoms in total. The first-order valence-electron chi connectivity index (χ1n) is 14.9. The first-order valence-corrected chi connectivity index (χ1v) is 20.4. The molecular formula is C28H51N5O6Si2. The van der Waals surface area contributed by atoms with E-state index in [1.807, 2.05) is 20.0 Å². The van der Waals surface area contributed by atoms with E-state index >= 15 is 0 Å². The number of anilines is 1. The highest BCUT2D eigenvalue weighted by atomic mass is 28.3. The smallest absolute Gasteiger partial charge is 0.306 e. The number of fused-ring (bicyclic) bond motifs is 1. The van der Waals surface area contributed by atoms with Gasteiger partial charge in [0.25, 0.3) is 0 Å². The standard InChI is InChI=1S/C28H51N5O6Si2/c1-13-14-15-17(34)38-19-23(33-16-30-18-21(33)31-25(29)32-22(18)37-8)39-20(24(35)40(9,10)26(2,3)4)28(19,36)41(11,12)27(5,6)7/h16,19-20,23-24,35-36H,13-15H2,1-12H3,(H2,29,31,32)/t19-,20-,23?,24?,28-/m1/s1/i14D/t14?,19-,20-,23?,24?,28-. The van der Waals surface area contributed by atoms with Crippen molar-refractivity contribution >= 4 is 39.2 Å². The van der Waals surface area contributed by atoms with Crippen molar-refractivity contribution in [3.05, 3.63) is 6.33 Å². The third-order valence-electron chi connectivity index (χ3n) is 9.98. The van der Waals surface area contributed by atoms with E-state index in [4.69, 9.17) is 21.3 Å². The molecule has 4 N–H and O–H groups in total. The molecule has 1 aliphatic rings. The molecule has 41 heavy (non-hydrogen) atoms. The van der Waals surface area contributed by atoms with Crippen LogP contribution in [0.15, 0.2) is 6.33 Å². The van der Waals surface area contributed by atoms with Crippen molar-refractivity contribution in [1.29, 1.82) is 0 Å². The van der Waals surface area contributed by atoms with Crippen molar-refractivity contribution < 1.29 is 30.6 Å². The van der Waals surface area contributed by atoms with Gasteiger partial charge in [0, 0.05) is 7.79 Å². The number of nitrogens with zero attached hydrogens (tertiary/aromatic N) is 4. The highest BCUT2D eigenvalue weighted by molar-refractivity contribution is 6.84. The van der Waals surface area contributed by atoms with E-state index in [1.165, 1.54) is 13.4 Å². The maximum absolute atomic E-state index is 13.4. The fourth-order valence-corrected chi connectivity index (χ4v) is 10.4. The Labute approximate surface area is 247 Å². The molecule has 13 heteroatoms. The predicted molar refractivity (Wildman–Crippen MR) is 165 cm³/mol. The maximum atomic E-state index is 13.4. The molecule has 0 bridgehead atoms. The van der Waals surface area contributed by atoms with E-state index in [0.717, 1.165) is 0 Å². The molecule has 3 heterocycles. The number of hydrogen-bond donors (Lipinski definition) is 3. The predicted octanol–water partition coefficient (Wildman–Crippen LogP) is 4.60. The van der Waals surface area contributed by atoms with Crippen molar-refractivity contribution in [2.75, 3.05) is 12.8 Å². The lowest BCUT2D eigenvalue weighted by atomic mass is 10.1. The Hall–Kier alpha value is -2.07. The molecule has 3 rings (SSSR count). The van der Waals surface area contributed by atoms with Crippen molar-refractivity contribution in [2.45, 2.75) is 133 Å². The van der Waals surface area contributed by atoms with Crippen LogP contribution in [-0.4, -0.2) is 82.1 Å². The van der Waals surface area contributed by atoms with Crippen LogP contribution in [0.25, 0.3) is 11.2 Å². The average molecular weight is 611 g/mol. The Morgan fingerprint density at radius 3 is 2.34 bits per heavy atom. The molecule has 232 valence electrons. The Morgan fingerprint density at radius 1 is 1.22 bits per heavy atom. The summed E-state index contributed by atoms with van der Waals surface area (Å²) in [5.41, 5.74) is 5.58. The number of nitrogens with two attached hydrogens (primary N) is 1. The highest BCUT2D eigenvalue weighted by Gasteiger charge is 2.71. The summed E-state index contributed by atoms with van der Waals surface area (Å²) in [7, 11) is -4.05. The van der Waals surface area contributed by atoms with Crippen molar-refractivity contribution in [3.8, 4) is 5.88 Å². The number of carbonyl (C=O) groups is 1. The lowest BCUT2D eigenvalue weighted by Gasteiger charge is -2.53. The number of nitrogen functional groups attached to an aromatic ring is 1. The van der Waals surface area contributed by atoms with Gasteiger partial charge in [0.2, 0.25) is 11.8 Å². The molecule has 3 unspecified atom stereocenters.